The molecule has 0 unspecified atom stereocenters. The van der Waals surface area contributed by atoms with Crippen LogP contribution in [0.2, 0.25) is 5.02 Å². The lowest BCUT2D eigenvalue weighted by molar-refractivity contribution is 0.588. The summed E-state index contributed by atoms with van der Waals surface area (Å²) in [5.74, 6) is -0.0146. The summed E-state index contributed by atoms with van der Waals surface area (Å²) in [6.45, 7) is 2.05. The summed E-state index contributed by atoms with van der Waals surface area (Å²) in [6.07, 6.45) is 9.34. The molecule has 5 aromatic rings. The molecule has 168 valence electrons. The standard InChI is InChI=1S/C24H18ClFN8/c1-2-17(18-9-10-27-13-20(18)25)23(14-4-7-21-19(11-14)24(26)32-29-21)15-3-5-16(28-12-15)6-8-22-30-33-34-31-22/h3-13H,2H2,1H3,(H,29,32)(H,30,31,33,34)/b8-6+,23-17-. The summed E-state index contributed by atoms with van der Waals surface area (Å²) >= 11 is 6.52. The number of pyridine rings is 2. The first-order chi connectivity index (χ1) is 16.6. The van der Waals surface area contributed by atoms with E-state index >= 15 is 0 Å². The molecule has 5 rings (SSSR count). The van der Waals surface area contributed by atoms with Crippen molar-refractivity contribution in [3.63, 3.8) is 0 Å². The summed E-state index contributed by atoms with van der Waals surface area (Å²) in [6, 6.07) is 11.3. The van der Waals surface area contributed by atoms with Crippen LogP contribution in [0, 0.1) is 5.95 Å². The molecule has 0 atom stereocenters. The van der Waals surface area contributed by atoms with Crippen LogP contribution in [0.5, 0.6) is 0 Å². The van der Waals surface area contributed by atoms with Crippen molar-refractivity contribution in [1.82, 2.24) is 40.8 Å². The number of nitrogens with one attached hydrogen (secondary N) is 2. The van der Waals surface area contributed by atoms with Gasteiger partial charge in [0, 0.05) is 24.2 Å². The predicted molar refractivity (Wildman–Crippen MR) is 129 cm³/mol. The molecule has 0 aliphatic heterocycles. The maximum Gasteiger partial charge on any atom is 0.240 e. The molecule has 10 heteroatoms. The number of hydrogen-bond donors (Lipinski definition) is 2. The Morgan fingerprint density at radius 1 is 1.06 bits per heavy atom. The number of aromatic nitrogens is 8. The van der Waals surface area contributed by atoms with Crippen molar-refractivity contribution in [2.75, 3.05) is 0 Å². The number of tetrazole rings is 1. The lowest BCUT2D eigenvalue weighted by atomic mass is 9.88. The SMILES string of the molecule is CC/C(=C(/c1ccc(/C=C/c2nnn[nH]2)nc1)c1ccc2[nH]nc(F)c2c1)c1ccncc1Cl. The van der Waals surface area contributed by atoms with Gasteiger partial charge < -0.3 is 0 Å². The van der Waals surface area contributed by atoms with Crippen molar-refractivity contribution in [1.29, 1.82) is 0 Å². The van der Waals surface area contributed by atoms with E-state index in [1.165, 1.54) is 0 Å². The van der Waals surface area contributed by atoms with Crippen LogP contribution in [0.15, 0.2) is 55.0 Å². The van der Waals surface area contributed by atoms with Gasteiger partial charge in [-0.1, -0.05) is 30.7 Å². The summed E-state index contributed by atoms with van der Waals surface area (Å²) in [5, 5.41) is 20.9. The zero-order chi connectivity index (χ0) is 23.5. The third kappa shape index (κ3) is 4.20. The van der Waals surface area contributed by atoms with Crippen LogP contribution in [0.1, 0.15) is 41.6 Å². The van der Waals surface area contributed by atoms with E-state index in [4.69, 9.17) is 11.6 Å². The van der Waals surface area contributed by atoms with Gasteiger partial charge in [-0.25, -0.2) is 5.10 Å². The quantitative estimate of drug-likeness (QED) is 0.351. The third-order valence-electron chi connectivity index (χ3n) is 5.41. The number of rotatable bonds is 6. The zero-order valence-electron chi connectivity index (χ0n) is 18.0. The fourth-order valence-corrected chi connectivity index (χ4v) is 4.06. The molecular formula is C24H18ClFN8. The molecule has 0 saturated heterocycles. The van der Waals surface area contributed by atoms with Crippen LogP contribution in [0.4, 0.5) is 4.39 Å². The predicted octanol–water partition coefficient (Wildman–Crippen LogP) is 5.20. The van der Waals surface area contributed by atoms with E-state index in [1.54, 1.807) is 30.7 Å². The number of aromatic amines is 2. The molecule has 34 heavy (non-hydrogen) atoms. The molecule has 4 heterocycles. The summed E-state index contributed by atoms with van der Waals surface area (Å²) in [7, 11) is 0. The monoisotopic (exact) mass is 472 g/mol. The maximum atomic E-state index is 14.3. The van der Waals surface area contributed by atoms with Crippen molar-refractivity contribution in [3.05, 3.63) is 94.2 Å². The van der Waals surface area contributed by atoms with Gasteiger partial charge in [0.05, 0.1) is 21.6 Å². The Morgan fingerprint density at radius 2 is 1.94 bits per heavy atom. The molecule has 0 spiro atoms. The van der Waals surface area contributed by atoms with Crippen LogP contribution < -0.4 is 0 Å². The highest BCUT2D eigenvalue weighted by molar-refractivity contribution is 6.32. The molecule has 0 fully saturated rings. The molecule has 4 aromatic heterocycles. The topological polar surface area (TPSA) is 109 Å². The second kappa shape index (κ2) is 9.32. The van der Waals surface area contributed by atoms with E-state index in [-0.39, 0.29) is 0 Å². The zero-order valence-corrected chi connectivity index (χ0v) is 18.8. The highest BCUT2D eigenvalue weighted by Crippen LogP contribution is 2.37. The Bertz CT molecular complexity index is 1500. The van der Waals surface area contributed by atoms with E-state index in [0.717, 1.165) is 33.5 Å². The lowest BCUT2D eigenvalue weighted by Gasteiger charge is -2.17. The lowest BCUT2D eigenvalue weighted by Crippen LogP contribution is -1.97. The number of H-pyrrole nitrogens is 2. The highest BCUT2D eigenvalue weighted by atomic mass is 35.5. The van der Waals surface area contributed by atoms with Gasteiger partial charge in [0.2, 0.25) is 5.95 Å². The molecule has 2 N–H and O–H groups in total. The van der Waals surface area contributed by atoms with Gasteiger partial charge in [0.25, 0.3) is 0 Å². The first-order valence-electron chi connectivity index (χ1n) is 10.5. The van der Waals surface area contributed by atoms with Crippen LogP contribution in [0.25, 0.3) is 34.2 Å². The molecule has 0 amide bonds. The van der Waals surface area contributed by atoms with Gasteiger partial charge in [-0.3, -0.25) is 15.1 Å². The van der Waals surface area contributed by atoms with Gasteiger partial charge in [-0.2, -0.15) is 4.39 Å². The third-order valence-corrected chi connectivity index (χ3v) is 5.71. The second-order valence-corrected chi connectivity index (χ2v) is 7.84. The largest absolute Gasteiger partial charge is 0.275 e. The summed E-state index contributed by atoms with van der Waals surface area (Å²) < 4.78 is 14.3. The molecular weight excluding hydrogens is 455 g/mol. The van der Waals surface area contributed by atoms with E-state index in [9.17, 15) is 4.39 Å². The Morgan fingerprint density at radius 3 is 2.68 bits per heavy atom. The summed E-state index contributed by atoms with van der Waals surface area (Å²) in [4.78, 5) is 8.70. The van der Waals surface area contributed by atoms with Gasteiger partial charge >= 0.3 is 0 Å². The fraction of sp³-hybridized carbons (Fsp3) is 0.0833. The molecule has 0 radical (unpaired) electrons. The fourth-order valence-electron chi connectivity index (χ4n) is 3.83. The van der Waals surface area contributed by atoms with Crippen LogP contribution in [-0.4, -0.2) is 40.8 Å². The number of hydrogen-bond acceptors (Lipinski definition) is 6. The molecule has 0 bridgehead atoms. The number of fused-ring (bicyclic) bond motifs is 1. The summed E-state index contributed by atoms with van der Waals surface area (Å²) in [5.41, 5.74) is 5.82. The van der Waals surface area contributed by atoms with Crippen LogP contribution in [-0.2, 0) is 0 Å². The minimum atomic E-state index is -0.545. The van der Waals surface area contributed by atoms with Gasteiger partial charge in [0.1, 0.15) is 0 Å². The number of allylic oxidation sites excluding steroid dienone is 1. The van der Waals surface area contributed by atoms with E-state index < -0.39 is 5.95 Å². The normalized spacial score (nSPS) is 12.4. The average molecular weight is 473 g/mol. The second-order valence-electron chi connectivity index (χ2n) is 7.43. The van der Waals surface area contributed by atoms with E-state index in [1.807, 2.05) is 36.4 Å². The minimum Gasteiger partial charge on any atom is -0.275 e. The molecule has 0 aliphatic carbocycles. The Hall–Kier alpha value is -4.24. The Balaban J connectivity index is 1.66. The Kier molecular flexibility index (Phi) is 5.92. The first-order valence-corrected chi connectivity index (χ1v) is 10.9. The highest BCUT2D eigenvalue weighted by Gasteiger charge is 2.17. The van der Waals surface area contributed by atoms with Crippen LogP contribution in [0.3, 0.4) is 0 Å². The minimum absolute atomic E-state index is 0.416. The Labute approximate surface area is 198 Å². The van der Waals surface area contributed by atoms with Crippen molar-refractivity contribution in [2.24, 2.45) is 0 Å². The van der Waals surface area contributed by atoms with Crippen molar-refractivity contribution in [2.45, 2.75) is 13.3 Å². The van der Waals surface area contributed by atoms with Crippen molar-refractivity contribution in [3.8, 4) is 0 Å². The van der Waals surface area contributed by atoms with Crippen LogP contribution >= 0.6 is 11.6 Å². The molecule has 1 aromatic carbocycles. The maximum absolute atomic E-state index is 14.3. The van der Waals surface area contributed by atoms with E-state index in [0.29, 0.717) is 28.2 Å². The van der Waals surface area contributed by atoms with Crippen molar-refractivity contribution < 1.29 is 4.39 Å². The van der Waals surface area contributed by atoms with Crippen molar-refractivity contribution >= 4 is 45.8 Å². The molecule has 0 aliphatic rings. The van der Waals surface area contributed by atoms with Gasteiger partial charge in [0.15, 0.2) is 5.82 Å². The molecule has 0 saturated carbocycles. The number of halogens is 2. The average Bonchev–Trinajstić information content (AvgIpc) is 3.52. The van der Waals surface area contributed by atoms with Gasteiger partial charge in [-0.05, 0) is 75.5 Å². The van der Waals surface area contributed by atoms with Gasteiger partial charge in [-0.15, -0.1) is 10.2 Å². The smallest absolute Gasteiger partial charge is 0.240 e. The number of nitrogens with zero attached hydrogens (tertiary/aromatic N) is 6. The molecule has 8 nitrogen and oxygen atoms in total. The first kappa shape index (κ1) is 21.6. The number of benzene rings is 1. The van der Waals surface area contributed by atoms with E-state index in [2.05, 4.69) is 47.7 Å².